The van der Waals surface area contributed by atoms with E-state index in [1.807, 2.05) is 24.3 Å². The van der Waals surface area contributed by atoms with Gasteiger partial charge in [-0.05, 0) is 54.3 Å². The van der Waals surface area contributed by atoms with Gasteiger partial charge in [0.1, 0.15) is 5.75 Å². The third kappa shape index (κ3) is 4.81. The molecule has 1 unspecified atom stereocenters. The van der Waals surface area contributed by atoms with Crippen LogP contribution in [0, 0.1) is 0 Å². The molecule has 5 heteroatoms. The quantitative estimate of drug-likeness (QED) is 0.558. The molecule has 0 bridgehead atoms. The minimum absolute atomic E-state index is 0.141. The predicted octanol–water partition coefficient (Wildman–Crippen LogP) is 3.84. The zero-order valence-electron chi connectivity index (χ0n) is 11.8. The van der Waals surface area contributed by atoms with E-state index in [4.69, 9.17) is 10.6 Å². The van der Waals surface area contributed by atoms with E-state index in [2.05, 4.69) is 55.5 Å². The smallest absolute Gasteiger partial charge is 0.122 e. The van der Waals surface area contributed by atoms with Gasteiger partial charge in [-0.2, -0.15) is 0 Å². The van der Waals surface area contributed by atoms with Gasteiger partial charge < -0.3 is 4.74 Å². The third-order valence-electron chi connectivity index (χ3n) is 3.32. The van der Waals surface area contributed by atoms with E-state index < -0.39 is 0 Å². The van der Waals surface area contributed by atoms with Gasteiger partial charge in [0.25, 0.3) is 0 Å². The molecule has 2 aromatic rings. The number of nitrogens with two attached hydrogens (primary N) is 1. The van der Waals surface area contributed by atoms with Crippen molar-refractivity contribution in [3.63, 3.8) is 0 Å². The van der Waals surface area contributed by atoms with Crippen LogP contribution >= 0.6 is 31.9 Å². The van der Waals surface area contributed by atoms with Gasteiger partial charge in [0.15, 0.2) is 0 Å². The first-order chi connectivity index (χ1) is 10.1. The molecule has 3 N–H and O–H groups in total. The highest BCUT2D eigenvalue weighted by Crippen LogP contribution is 2.25. The molecule has 0 spiro atoms. The van der Waals surface area contributed by atoms with Gasteiger partial charge in [-0.1, -0.05) is 44.0 Å². The third-order valence-corrected chi connectivity index (χ3v) is 4.30. The molecule has 112 valence electrons. The van der Waals surface area contributed by atoms with Crippen LogP contribution in [-0.4, -0.2) is 13.2 Å². The molecule has 0 fully saturated rings. The van der Waals surface area contributed by atoms with Crippen molar-refractivity contribution in [3.05, 3.63) is 62.5 Å². The molecule has 0 saturated heterocycles. The van der Waals surface area contributed by atoms with E-state index in [1.165, 1.54) is 5.56 Å². The molecule has 0 aliphatic heterocycles. The Labute approximate surface area is 142 Å². The molecule has 0 aliphatic carbocycles. The van der Waals surface area contributed by atoms with Crippen molar-refractivity contribution >= 4 is 31.9 Å². The minimum Gasteiger partial charge on any atom is -0.496 e. The topological polar surface area (TPSA) is 47.3 Å². The number of benzene rings is 2. The fourth-order valence-corrected chi connectivity index (χ4v) is 3.17. The van der Waals surface area contributed by atoms with Crippen molar-refractivity contribution in [2.75, 3.05) is 7.11 Å². The van der Waals surface area contributed by atoms with Crippen LogP contribution < -0.4 is 16.0 Å². The number of halogens is 2. The molecule has 0 saturated carbocycles. The van der Waals surface area contributed by atoms with Crippen LogP contribution in [0.4, 0.5) is 0 Å². The average molecular weight is 414 g/mol. The van der Waals surface area contributed by atoms with E-state index >= 15 is 0 Å². The molecule has 1 atom stereocenters. The summed E-state index contributed by atoms with van der Waals surface area (Å²) in [4.78, 5) is 0. The van der Waals surface area contributed by atoms with Gasteiger partial charge in [-0.25, -0.2) is 0 Å². The number of rotatable bonds is 6. The normalized spacial score (nSPS) is 12.2. The molecule has 0 heterocycles. The van der Waals surface area contributed by atoms with Crippen molar-refractivity contribution in [3.8, 4) is 5.75 Å². The Bertz CT molecular complexity index is 605. The maximum atomic E-state index is 5.72. The number of hydrogen-bond donors (Lipinski definition) is 2. The van der Waals surface area contributed by atoms with Crippen LogP contribution in [0.5, 0.6) is 5.75 Å². The Kier molecular flexibility index (Phi) is 6.23. The highest BCUT2D eigenvalue weighted by atomic mass is 79.9. The zero-order chi connectivity index (χ0) is 15.2. The van der Waals surface area contributed by atoms with Gasteiger partial charge in [0, 0.05) is 15.0 Å². The van der Waals surface area contributed by atoms with Crippen molar-refractivity contribution in [1.29, 1.82) is 0 Å². The summed E-state index contributed by atoms with van der Waals surface area (Å²) in [5.41, 5.74) is 5.27. The van der Waals surface area contributed by atoms with Crippen molar-refractivity contribution < 1.29 is 4.74 Å². The highest BCUT2D eigenvalue weighted by molar-refractivity contribution is 9.10. The van der Waals surface area contributed by atoms with E-state index in [9.17, 15) is 0 Å². The molecule has 21 heavy (non-hydrogen) atoms. The second-order valence-corrected chi connectivity index (χ2v) is 6.69. The van der Waals surface area contributed by atoms with Crippen molar-refractivity contribution in [1.82, 2.24) is 5.43 Å². The molecular weight excluding hydrogens is 396 g/mol. The Morgan fingerprint density at radius 3 is 2.52 bits per heavy atom. The molecule has 0 amide bonds. The summed E-state index contributed by atoms with van der Waals surface area (Å²) in [6.45, 7) is 0. The largest absolute Gasteiger partial charge is 0.496 e. The second kappa shape index (κ2) is 7.94. The first-order valence-corrected chi connectivity index (χ1v) is 8.24. The van der Waals surface area contributed by atoms with Crippen LogP contribution in [0.1, 0.15) is 11.1 Å². The number of hydrazine groups is 1. The van der Waals surface area contributed by atoms with Gasteiger partial charge in [-0.15, -0.1) is 0 Å². The van der Waals surface area contributed by atoms with Crippen molar-refractivity contribution in [2.45, 2.75) is 18.9 Å². The summed E-state index contributed by atoms with van der Waals surface area (Å²) in [6.07, 6.45) is 1.65. The summed E-state index contributed by atoms with van der Waals surface area (Å²) < 4.78 is 7.54. The molecule has 0 radical (unpaired) electrons. The molecule has 0 aliphatic rings. The fourth-order valence-electron chi connectivity index (χ4n) is 2.31. The van der Waals surface area contributed by atoms with Gasteiger partial charge in [0.05, 0.1) is 7.11 Å². The van der Waals surface area contributed by atoms with Gasteiger partial charge in [0.2, 0.25) is 0 Å². The Balaban J connectivity index is 2.14. The Hall–Kier alpha value is -0.880. The Morgan fingerprint density at radius 2 is 1.86 bits per heavy atom. The average Bonchev–Trinajstić information content (AvgIpc) is 2.47. The molecule has 2 aromatic carbocycles. The molecule has 3 nitrogen and oxygen atoms in total. The number of methoxy groups -OCH3 is 1. The predicted molar refractivity (Wildman–Crippen MR) is 93.4 cm³/mol. The fraction of sp³-hybridized carbons (Fsp3) is 0.250. The summed E-state index contributed by atoms with van der Waals surface area (Å²) in [5.74, 6) is 6.60. The first kappa shape index (κ1) is 16.5. The number of ether oxygens (including phenoxy) is 1. The van der Waals surface area contributed by atoms with E-state index in [0.29, 0.717) is 0 Å². The van der Waals surface area contributed by atoms with Crippen LogP contribution in [0.25, 0.3) is 0 Å². The van der Waals surface area contributed by atoms with E-state index in [0.717, 1.165) is 33.1 Å². The minimum atomic E-state index is 0.141. The lowest BCUT2D eigenvalue weighted by Crippen LogP contribution is -2.38. The van der Waals surface area contributed by atoms with Crippen LogP contribution in [0.15, 0.2) is 51.4 Å². The number of nitrogens with one attached hydrogen (secondary N) is 1. The highest BCUT2D eigenvalue weighted by Gasteiger charge is 2.13. The lowest BCUT2D eigenvalue weighted by Gasteiger charge is -2.18. The molecule has 2 rings (SSSR count). The maximum Gasteiger partial charge on any atom is 0.122 e. The molecular formula is C16H18Br2N2O. The first-order valence-electron chi connectivity index (χ1n) is 6.65. The van der Waals surface area contributed by atoms with Crippen LogP contribution in [-0.2, 0) is 12.8 Å². The summed E-state index contributed by atoms with van der Waals surface area (Å²) in [5, 5.41) is 0. The summed E-state index contributed by atoms with van der Waals surface area (Å²) >= 11 is 7.00. The van der Waals surface area contributed by atoms with E-state index in [1.54, 1.807) is 7.11 Å². The van der Waals surface area contributed by atoms with Crippen LogP contribution in [0.3, 0.4) is 0 Å². The lowest BCUT2D eigenvalue weighted by atomic mass is 9.99. The van der Waals surface area contributed by atoms with Crippen LogP contribution in [0.2, 0.25) is 0 Å². The second-order valence-electron chi connectivity index (χ2n) is 4.86. The van der Waals surface area contributed by atoms with Crippen molar-refractivity contribution in [2.24, 2.45) is 5.84 Å². The van der Waals surface area contributed by atoms with E-state index in [-0.39, 0.29) is 6.04 Å². The Morgan fingerprint density at radius 1 is 1.10 bits per heavy atom. The monoisotopic (exact) mass is 412 g/mol. The summed E-state index contributed by atoms with van der Waals surface area (Å²) in [6, 6.07) is 14.4. The lowest BCUT2D eigenvalue weighted by molar-refractivity contribution is 0.404. The van der Waals surface area contributed by atoms with Gasteiger partial charge in [-0.3, -0.25) is 11.3 Å². The molecule has 0 aromatic heterocycles. The maximum absolute atomic E-state index is 5.72. The SMILES string of the molecule is COc1ccc(Br)cc1CC(Cc1cccc(Br)c1)NN. The summed E-state index contributed by atoms with van der Waals surface area (Å²) in [7, 11) is 1.69. The standard InChI is InChI=1S/C16H18Br2N2O/c1-21-16-6-5-14(18)9-12(16)10-15(20-19)8-11-3-2-4-13(17)7-11/h2-7,9,15,20H,8,10,19H2,1H3. The zero-order valence-corrected chi connectivity index (χ0v) is 14.9. The van der Waals surface area contributed by atoms with Gasteiger partial charge >= 0.3 is 0 Å². The number of hydrogen-bond acceptors (Lipinski definition) is 3.